The van der Waals surface area contributed by atoms with Gasteiger partial charge in [-0.05, 0) is 12.3 Å². The summed E-state index contributed by atoms with van der Waals surface area (Å²) in [5.74, 6) is -0.920. The fourth-order valence-corrected chi connectivity index (χ4v) is 0.608. The molecule has 0 spiro atoms. The minimum atomic E-state index is -0.998. The second kappa shape index (κ2) is 4.13. The molecule has 0 saturated carbocycles. The minimum absolute atomic E-state index is 0.0787. The normalized spacial score (nSPS) is 12.6. The molecular formula is C7H11O2. The molecule has 2 heteroatoms. The molecule has 0 aromatic rings. The molecule has 0 fully saturated rings. The Hall–Kier alpha value is -0.790. The molecule has 1 radical (unpaired) electrons. The molecule has 1 atom stereocenters. The Balaban J connectivity index is 3.55. The lowest BCUT2D eigenvalue weighted by molar-refractivity contribution is -0.143. The number of carbonyl (C=O) groups excluding carboxylic acids is 1. The molecule has 0 bridgehead atoms. The lowest BCUT2D eigenvalue weighted by atomic mass is 10.0. The summed E-state index contributed by atoms with van der Waals surface area (Å²) in [7, 11) is 0. The SMILES string of the molecule is C=CC(CC)CC([O])=O. The van der Waals surface area contributed by atoms with Gasteiger partial charge in [0.05, 0.1) is 6.42 Å². The highest BCUT2D eigenvalue weighted by atomic mass is 16.4. The summed E-state index contributed by atoms with van der Waals surface area (Å²) in [5.41, 5.74) is 0. The molecule has 0 aliphatic carbocycles. The van der Waals surface area contributed by atoms with Crippen LogP contribution in [0.25, 0.3) is 0 Å². The first-order valence-corrected chi connectivity index (χ1v) is 3.03. The summed E-state index contributed by atoms with van der Waals surface area (Å²) in [4.78, 5) is 9.97. The Morgan fingerprint density at radius 3 is 2.44 bits per heavy atom. The molecule has 0 heterocycles. The van der Waals surface area contributed by atoms with Gasteiger partial charge in [0, 0.05) is 0 Å². The van der Waals surface area contributed by atoms with E-state index in [1.807, 2.05) is 6.92 Å². The van der Waals surface area contributed by atoms with E-state index >= 15 is 0 Å². The standard InChI is InChI=1S/C7H11O2/c1-3-6(4-2)5-7(8)9/h3,6H,1,4-5H2,2H3. The van der Waals surface area contributed by atoms with E-state index in [-0.39, 0.29) is 12.3 Å². The number of carbonyl (C=O) groups is 1. The van der Waals surface area contributed by atoms with Crippen molar-refractivity contribution in [2.24, 2.45) is 5.92 Å². The summed E-state index contributed by atoms with van der Waals surface area (Å²) < 4.78 is 0. The van der Waals surface area contributed by atoms with E-state index < -0.39 is 5.97 Å². The maximum atomic E-state index is 9.97. The molecule has 0 aliphatic rings. The Morgan fingerprint density at radius 2 is 2.33 bits per heavy atom. The highest BCUT2D eigenvalue weighted by Crippen LogP contribution is 2.07. The predicted octanol–water partition coefficient (Wildman–Crippen LogP) is 1.55. The number of hydrogen-bond acceptors (Lipinski definition) is 1. The van der Waals surface area contributed by atoms with Crippen LogP contribution in [0.3, 0.4) is 0 Å². The molecule has 1 unspecified atom stereocenters. The van der Waals surface area contributed by atoms with Gasteiger partial charge in [0.15, 0.2) is 0 Å². The zero-order valence-electron chi connectivity index (χ0n) is 5.59. The van der Waals surface area contributed by atoms with E-state index in [2.05, 4.69) is 6.58 Å². The molecule has 0 amide bonds. The zero-order chi connectivity index (χ0) is 7.28. The predicted molar refractivity (Wildman–Crippen MR) is 34.3 cm³/mol. The summed E-state index contributed by atoms with van der Waals surface area (Å²) in [6, 6.07) is 0. The van der Waals surface area contributed by atoms with Crippen molar-refractivity contribution in [3.05, 3.63) is 12.7 Å². The largest absolute Gasteiger partial charge is 0.356 e. The van der Waals surface area contributed by atoms with Crippen LogP contribution < -0.4 is 0 Å². The highest BCUT2D eigenvalue weighted by molar-refractivity contribution is 5.66. The van der Waals surface area contributed by atoms with E-state index in [9.17, 15) is 9.90 Å². The molecule has 0 N–H and O–H groups in total. The van der Waals surface area contributed by atoms with Crippen LogP contribution in [0.4, 0.5) is 0 Å². The van der Waals surface area contributed by atoms with Crippen molar-refractivity contribution in [1.82, 2.24) is 0 Å². The van der Waals surface area contributed by atoms with Crippen LogP contribution in [-0.2, 0) is 9.90 Å². The van der Waals surface area contributed by atoms with E-state index in [0.29, 0.717) is 0 Å². The van der Waals surface area contributed by atoms with Gasteiger partial charge in [-0.2, -0.15) is 0 Å². The van der Waals surface area contributed by atoms with Crippen LogP contribution in [0, 0.1) is 5.92 Å². The third kappa shape index (κ3) is 3.76. The average Bonchev–Trinajstić information content (AvgIpc) is 1.82. The number of hydrogen-bond donors (Lipinski definition) is 0. The Kier molecular flexibility index (Phi) is 3.76. The van der Waals surface area contributed by atoms with Gasteiger partial charge in [-0.25, -0.2) is 9.90 Å². The van der Waals surface area contributed by atoms with E-state index in [1.54, 1.807) is 6.08 Å². The van der Waals surface area contributed by atoms with Crippen LogP contribution in [0.15, 0.2) is 12.7 Å². The summed E-state index contributed by atoms with van der Waals surface area (Å²) in [5, 5.41) is 9.97. The van der Waals surface area contributed by atoms with Crippen molar-refractivity contribution in [1.29, 1.82) is 0 Å². The average molecular weight is 127 g/mol. The van der Waals surface area contributed by atoms with E-state index in [1.165, 1.54) is 0 Å². The second-order valence-electron chi connectivity index (χ2n) is 1.98. The van der Waals surface area contributed by atoms with Crippen LogP contribution in [0.1, 0.15) is 19.8 Å². The molecule has 0 aliphatic heterocycles. The topological polar surface area (TPSA) is 37.0 Å². The van der Waals surface area contributed by atoms with Crippen LogP contribution in [-0.4, -0.2) is 5.97 Å². The third-order valence-electron chi connectivity index (χ3n) is 1.29. The van der Waals surface area contributed by atoms with E-state index in [4.69, 9.17) is 0 Å². The van der Waals surface area contributed by atoms with Crippen molar-refractivity contribution in [2.45, 2.75) is 19.8 Å². The Morgan fingerprint density at radius 1 is 1.78 bits per heavy atom. The quantitative estimate of drug-likeness (QED) is 0.528. The summed E-state index contributed by atoms with van der Waals surface area (Å²) in [6.07, 6.45) is 2.56. The van der Waals surface area contributed by atoms with Gasteiger partial charge in [0.25, 0.3) is 0 Å². The Bertz CT molecular complexity index is 107. The van der Waals surface area contributed by atoms with Crippen molar-refractivity contribution < 1.29 is 9.90 Å². The van der Waals surface area contributed by atoms with Crippen molar-refractivity contribution >= 4 is 5.97 Å². The van der Waals surface area contributed by atoms with Gasteiger partial charge in [-0.15, -0.1) is 6.58 Å². The first-order valence-electron chi connectivity index (χ1n) is 3.03. The lowest BCUT2D eigenvalue weighted by Gasteiger charge is -2.01. The maximum absolute atomic E-state index is 9.97. The smallest absolute Gasteiger partial charge is 0.247 e. The molecular weight excluding hydrogens is 116 g/mol. The molecule has 51 valence electrons. The van der Waals surface area contributed by atoms with Gasteiger partial charge in [0.2, 0.25) is 0 Å². The Labute approximate surface area is 55.2 Å². The third-order valence-corrected chi connectivity index (χ3v) is 1.29. The van der Waals surface area contributed by atoms with Gasteiger partial charge in [0.1, 0.15) is 0 Å². The van der Waals surface area contributed by atoms with Crippen LogP contribution >= 0.6 is 0 Å². The van der Waals surface area contributed by atoms with Crippen molar-refractivity contribution in [2.75, 3.05) is 0 Å². The summed E-state index contributed by atoms with van der Waals surface area (Å²) in [6.45, 7) is 5.42. The van der Waals surface area contributed by atoms with Crippen molar-refractivity contribution in [3.8, 4) is 0 Å². The molecule has 0 saturated heterocycles. The number of allylic oxidation sites excluding steroid dienone is 1. The minimum Gasteiger partial charge on any atom is -0.247 e. The second-order valence-corrected chi connectivity index (χ2v) is 1.98. The maximum Gasteiger partial charge on any atom is 0.356 e. The van der Waals surface area contributed by atoms with Crippen LogP contribution in [0.5, 0.6) is 0 Å². The lowest BCUT2D eigenvalue weighted by Crippen LogP contribution is -2.01. The van der Waals surface area contributed by atoms with Gasteiger partial charge in [-0.1, -0.05) is 13.0 Å². The van der Waals surface area contributed by atoms with Gasteiger partial charge < -0.3 is 0 Å². The van der Waals surface area contributed by atoms with E-state index in [0.717, 1.165) is 6.42 Å². The molecule has 2 nitrogen and oxygen atoms in total. The van der Waals surface area contributed by atoms with Gasteiger partial charge in [-0.3, -0.25) is 0 Å². The fourth-order valence-electron chi connectivity index (χ4n) is 0.608. The monoisotopic (exact) mass is 127 g/mol. The molecule has 0 aromatic carbocycles. The highest BCUT2D eigenvalue weighted by Gasteiger charge is 2.07. The molecule has 0 aromatic heterocycles. The van der Waals surface area contributed by atoms with Gasteiger partial charge >= 0.3 is 5.97 Å². The molecule has 9 heavy (non-hydrogen) atoms. The zero-order valence-corrected chi connectivity index (χ0v) is 5.59. The first kappa shape index (κ1) is 8.21. The first-order chi connectivity index (χ1) is 4.20. The van der Waals surface area contributed by atoms with Crippen LogP contribution in [0.2, 0.25) is 0 Å². The fraction of sp³-hybridized carbons (Fsp3) is 0.571. The number of rotatable bonds is 4. The summed E-state index contributed by atoms with van der Waals surface area (Å²) >= 11 is 0. The van der Waals surface area contributed by atoms with Crippen molar-refractivity contribution in [3.63, 3.8) is 0 Å². The molecule has 0 rings (SSSR count).